The second-order valence-electron chi connectivity index (χ2n) is 8.05. The van der Waals surface area contributed by atoms with Crippen LogP contribution in [0, 0.1) is 5.92 Å². The van der Waals surface area contributed by atoms with Gasteiger partial charge < -0.3 is 23.7 Å². The standard InChI is InChI=1S/C23H32O8/c1-14(2)11-19-21(28-12-18-9-7-6-8-10-18)23(30-17(5)26)22(29-16(4)25)20(31-19)13-27-15(3)24/h6-10,14,19-23H,11-13H2,1-5H3/t19-,20-,21+,22-,23-/m1/s1. The zero-order chi connectivity index (χ0) is 23.0. The van der Waals surface area contributed by atoms with E-state index in [1.807, 2.05) is 44.2 Å². The molecular weight excluding hydrogens is 404 g/mol. The van der Waals surface area contributed by atoms with Crippen LogP contribution in [0.25, 0.3) is 0 Å². The lowest BCUT2D eigenvalue weighted by molar-refractivity contribution is -0.260. The molecule has 0 radical (unpaired) electrons. The molecule has 0 N–H and O–H groups in total. The smallest absolute Gasteiger partial charge is 0.303 e. The SMILES string of the molecule is CC(=O)OC[C@H]1O[C@H](CC(C)C)[C@H](OCc2ccccc2)[C@@H](OC(C)=O)[C@@H]1OC(C)=O. The Kier molecular flexibility index (Phi) is 9.45. The molecular formula is C23H32O8. The molecule has 1 fully saturated rings. The van der Waals surface area contributed by atoms with Gasteiger partial charge in [-0.1, -0.05) is 44.2 Å². The minimum atomic E-state index is -0.982. The normalized spacial score (nSPS) is 25.7. The molecule has 0 spiro atoms. The molecule has 1 saturated heterocycles. The van der Waals surface area contributed by atoms with E-state index >= 15 is 0 Å². The quantitative estimate of drug-likeness (QED) is 0.431. The van der Waals surface area contributed by atoms with Crippen molar-refractivity contribution in [1.29, 1.82) is 0 Å². The van der Waals surface area contributed by atoms with Gasteiger partial charge in [-0.25, -0.2) is 0 Å². The number of hydrogen-bond donors (Lipinski definition) is 0. The summed E-state index contributed by atoms with van der Waals surface area (Å²) in [5.41, 5.74) is 0.943. The van der Waals surface area contributed by atoms with Gasteiger partial charge >= 0.3 is 17.9 Å². The van der Waals surface area contributed by atoms with Crippen LogP contribution in [-0.4, -0.2) is 55.0 Å². The Labute approximate surface area is 183 Å². The van der Waals surface area contributed by atoms with Crippen molar-refractivity contribution in [3.05, 3.63) is 35.9 Å². The van der Waals surface area contributed by atoms with Gasteiger partial charge in [0.05, 0.1) is 12.7 Å². The van der Waals surface area contributed by atoms with Crippen molar-refractivity contribution in [3.8, 4) is 0 Å². The van der Waals surface area contributed by atoms with Crippen molar-refractivity contribution in [2.75, 3.05) is 6.61 Å². The van der Waals surface area contributed by atoms with Crippen molar-refractivity contribution < 1.29 is 38.1 Å². The third-order valence-corrected chi connectivity index (χ3v) is 4.77. The van der Waals surface area contributed by atoms with Crippen molar-refractivity contribution in [2.24, 2.45) is 5.92 Å². The van der Waals surface area contributed by atoms with Gasteiger partial charge in [-0.15, -0.1) is 0 Å². The fourth-order valence-electron chi connectivity index (χ4n) is 3.61. The molecule has 0 unspecified atom stereocenters. The number of esters is 3. The van der Waals surface area contributed by atoms with Gasteiger partial charge in [0.25, 0.3) is 0 Å². The van der Waals surface area contributed by atoms with E-state index in [-0.39, 0.29) is 19.1 Å². The number of benzene rings is 1. The van der Waals surface area contributed by atoms with Crippen LogP contribution in [0.1, 0.15) is 46.6 Å². The van der Waals surface area contributed by atoms with E-state index in [9.17, 15) is 14.4 Å². The minimum absolute atomic E-state index is 0.134. The lowest BCUT2D eigenvalue weighted by Gasteiger charge is -2.45. The van der Waals surface area contributed by atoms with Gasteiger partial charge in [0.15, 0.2) is 12.2 Å². The minimum Gasteiger partial charge on any atom is -0.463 e. The predicted molar refractivity (Wildman–Crippen MR) is 111 cm³/mol. The molecule has 5 atom stereocenters. The summed E-state index contributed by atoms with van der Waals surface area (Å²) in [7, 11) is 0. The molecule has 172 valence electrons. The van der Waals surface area contributed by atoms with E-state index in [4.69, 9.17) is 23.7 Å². The third-order valence-electron chi connectivity index (χ3n) is 4.77. The molecule has 1 aromatic rings. The molecule has 8 nitrogen and oxygen atoms in total. The average Bonchev–Trinajstić information content (AvgIpc) is 2.67. The molecule has 31 heavy (non-hydrogen) atoms. The molecule has 1 aliphatic heterocycles. The Morgan fingerprint density at radius 2 is 1.48 bits per heavy atom. The highest BCUT2D eigenvalue weighted by atomic mass is 16.6. The van der Waals surface area contributed by atoms with E-state index < -0.39 is 48.4 Å². The predicted octanol–water partition coefficient (Wildman–Crippen LogP) is 2.81. The molecule has 0 bridgehead atoms. The van der Waals surface area contributed by atoms with Crippen LogP contribution >= 0.6 is 0 Å². The van der Waals surface area contributed by atoms with E-state index in [1.54, 1.807) is 0 Å². The summed E-state index contributed by atoms with van der Waals surface area (Å²) in [6.45, 7) is 8.04. The third kappa shape index (κ3) is 7.95. The number of hydrogen-bond acceptors (Lipinski definition) is 8. The second-order valence-corrected chi connectivity index (χ2v) is 8.05. The highest BCUT2D eigenvalue weighted by Crippen LogP contribution is 2.32. The van der Waals surface area contributed by atoms with Gasteiger partial charge in [0.2, 0.25) is 0 Å². The maximum absolute atomic E-state index is 11.9. The Morgan fingerprint density at radius 1 is 0.871 bits per heavy atom. The lowest BCUT2D eigenvalue weighted by atomic mass is 9.90. The Bertz CT molecular complexity index is 732. The zero-order valence-corrected chi connectivity index (χ0v) is 18.7. The second kappa shape index (κ2) is 11.8. The summed E-state index contributed by atoms with van der Waals surface area (Å²) in [6.07, 6.45) is -3.21. The molecule has 0 saturated carbocycles. The highest BCUT2D eigenvalue weighted by molar-refractivity contribution is 5.68. The zero-order valence-electron chi connectivity index (χ0n) is 18.7. The Hall–Kier alpha value is -2.45. The molecule has 1 aromatic carbocycles. The topological polar surface area (TPSA) is 97.4 Å². The summed E-state index contributed by atoms with van der Waals surface area (Å²) in [5.74, 6) is -1.34. The summed E-state index contributed by atoms with van der Waals surface area (Å²) >= 11 is 0. The average molecular weight is 437 g/mol. The number of carbonyl (C=O) groups excluding carboxylic acids is 3. The number of ether oxygens (including phenoxy) is 5. The maximum Gasteiger partial charge on any atom is 0.303 e. The van der Waals surface area contributed by atoms with Crippen LogP contribution in [0.4, 0.5) is 0 Å². The van der Waals surface area contributed by atoms with Crippen molar-refractivity contribution in [1.82, 2.24) is 0 Å². The number of rotatable bonds is 9. The van der Waals surface area contributed by atoms with Crippen LogP contribution in [0.15, 0.2) is 30.3 Å². The van der Waals surface area contributed by atoms with Crippen molar-refractivity contribution >= 4 is 17.9 Å². The van der Waals surface area contributed by atoms with Crippen LogP contribution in [-0.2, 0) is 44.7 Å². The van der Waals surface area contributed by atoms with Gasteiger partial charge in [-0.05, 0) is 17.9 Å². The van der Waals surface area contributed by atoms with Crippen LogP contribution in [0.5, 0.6) is 0 Å². The Balaban J connectivity index is 2.35. The monoisotopic (exact) mass is 436 g/mol. The van der Waals surface area contributed by atoms with Crippen molar-refractivity contribution in [3.63, 3.8) is 0 Å². The first-order valence-electron chi connectivity index (χ1n) is 10.5. The first kappa shape index (κ1) is 24.8. The van der Waals surface area contributed by atoms with E-state index in [0.29, 0.717) is 6.42 Å². The molecule has 0 aliphatic carbocycles. The molecule has 2 rings (SSSR count). The summed E-state index contributed by atoms with van der Waals surface area (Å²) < 4.78 is 28.6. The lowest BCUT2D eigenvalue weighted by Crippen LogP contribution is -2.62. The highest BCUT2D eigenvalue weighted by Gasteiger charge is 2.50. The fourth-order valence-corrected chi connectivity index (χ4v) is 3.61. The van der Waals surface area contributed by atoms with Crippen LogP contribution in [0.2, 0.25) is 0 Å². The largest absolute Gasteiger partial charge is 0.463 e. The molecule has 1 heterocycles. The van der Waals surface area contributed by atoms with Gasteiger partial charge in [0, 0.05) is 20.8 Å². The van der Waals surface area contributed by atoms with E-state index in [2.05, 4.69) is 0 Å². The van der Waals surface area contributed by atoms with Gasteiger partial charge in [-0.2, -0.15) is 0 Å². The van der Waals surface area contributed by atoms with Crippen LogP contribution in [0.3, 0.4) is 0 Å². The molecule has 0 aromatic heterocycles. The van der Waals surface area contributed by atoms with Gasteiger partial charge in [-0.3, -0.25) is 14.4 Å². The van der Waals surface area contributed by atoms with E-state index in [1.165, 1.54) is 20.8 Å². The summed E-state index contributed by atoms with van der Waals surface area (Å²) in [4.78, 5) is 35.1. The van der Waals surface area contributed by atoms with Gasteiger partial charge in [0.1, 0.15) is 18.8 Å². The Morgan fingerprint density at radius 3 is 2.03 bits per heavy atom. The molecule has 1 aliphatic rings. The first-order valence-corrected chi connectivity index (χ1v) is 10.5. The molecule has 8 heteroatoms. The number of carbonyl (C=O) groups is 3. The molecule has 0 amide bonds. The van der Waals surface area contributed by atoms with Crippen LogP contribution < -0.4 is 0 Å². The van der Waals surface area contributed by atoms with Crippen molar-refractivity contribution in [2.45, 2.75) is 78.2 Å². The maximum atomic E-state index is 11.9. The summed E-state index contributed by atoms with van der Waals surface area (Å²) in [5, 5.41) is 0. The van der Waals surface area contributed by atoms with E-state index in [0.717, 1.165) is 5.56 Å². The fraction of sp³-hybridized carbons (Fsp3) is 0.609. The summed E-state index contributed by atoms with van der Waals surface area (Å²) in [6, 6.07) is 9.57. The first-order chi connectivity index (χ1) is 14.7.